The van der Waals surface area contributed by atoms with E-state index < -0.39 is 12.2 Å². The summed E-state index contributed by atoms with van der Waals surface area (Å²) < 4.78 is 0. The number of allylic oxidation sites excluding steroid dienone is 1. The van der Waals surface area contributed by atoms with Crippen molar-refractivity contribution in [2.45, 2.75) is 12.2 Å². The number of hydrogen-bond donors (Lipinski definition) is 4. The third-order valence-corrected chi connectivity index (χ3v) is 1.37. The van der Waals surface area contributed by atoms with Gasteiger partial charge < -0.3 is 21.1 Å². The zero-order chi connectivity index (χ0) is 7.72. The highest BCUT2D eigenvalue weighted by Gasteiger charge is 2.22. The molecule has 0 amide bonds. The fourth-order valence-electron chi connectivity index (χ4n) is 0.725. The van der Waals surface area contributed by atoms with Gasteiger partial charge in [0.25, 0.3) is 0 Å². The molecule has 5 N–H and O–H groups in total. The van der Waals surface area contributed by atoms with E-state index in [0.29, 0.717) is 0 Å². The first-order valence-corrected chi connectivity index (χ1v) is 2.86. The second-order valence-electron chi connectivity index (χ2n) is 2.14. The molecule has 0 aromatic rings. The van der Waals surface area contributed by atoms with Crippen LogP contribution in [0, 0.1) is 0 Å². The standard InChI is InChI=1S/C6H9NO3/c7-3-1-2-4(8)6(10)5(3)9/h1-2,4,6,8-10H,7H2/t4-,6?/m0/s1. The van der Waals surface area contributed by atoms with Crippen molar-refractivity contribution >= 4 is 0 Å². The van der Waals surface area contributed by atoms with Crippen LogP contribution in [-0.2, 0) is 0 Å². The minimum absolute atomic E-state index is 0.0952. The normalized spacial score (nSPS) is 33.0. The molecule has 0 bridgehead atoms. The van der Waals surface area contributed by atoms with E-state index in [1.807, 2.05) is 0 Å². The van der Waals surface area contributed by atoms with Gasteiger partial charge in [-0.15, -0.1) is 0 Å². The van der Waals surface area contributed by atoms with Crippen LogP contribution in [0.3, 0.4) is 0 Å². The lowest BCUT2D eigenvalue weighted by Crippen LogP contribution is -2.30. The Labute approximate surface area is 57.9 Å². The molecule has 1 rings (SSSR count). The Hall–Kier alpha value is -1.00. The van der Waals surface area contributed by atoms with E-state index in [1.165, 1.54) is 12.2 Å². The molecule has 0 fully saturated rings. The van der Waals surface area contributed by atoms with Crippen LogP contribution in [0.25, 0.3) is 0 Å². The van der Waals surface area contributed by atoms with Crippen LogP contribution in [0.4, 0.5) is 0 Å². The van der Waals surface area contributed by atoms with Gasteiger partial charge in [0.1, 0.15) is 18.0 Å². The van der Waals surface area contributed by atoms with E-state index in [2.05, 4.69) is 0 Å². The average Bonchev–Trinajstić information content (AvgIpc) is 1.93. The Bertz CT molecular complexity index is 197. The van der Waals surface area contributed by atoms with Gasteiger partial charge in [-0.2, -0.15) is 0 Å². The maximum Gasteiger partial charge on any atom is 0.147 e. The SMILES string of the molecule is NC1=C(O)C(O)[C@@H](O)C=C1. The van der Waals surface area contributed by atoms with Gasteiger partial charge in [0.15, 0.2) is 0 Å². The zero-order valence-electron chi connectivity index (χ0n) is 5.23. The lowest BCUT2D eigenvalue weighted by atomic mass is 10.1. The maximum absolute atomic E-state index is 8.93. The first kappa shape index (κ1) is 7.11. The molecule has 0 saturated heterocycles. The van der Waals surface area contributed by atoms with Gasteiger partial charge >= 0.3 is 0 Å². The van der Waals surface area contributed by atoms with Gasteiger partial charge in [-0.25, -0.2) is 0 Å². The number of rotatable bonds is 0. The van der Waals surface area contributed by atoms with E-state index in [0.717, 1.165) is 0 Å². The van der Waals surface area contributed by atoms with Crippen LogP contribution >= 0.6 is 0 Å². The van der Waals surface area contributed by atoms with Gasteiger partial charge in [-0.05, 0) is 6.08 Å². The second-order valence-corrected chi connectivity index (χ2v) is 2.14. The molecular formula is C6H9NO3. The number of hydrogen-bond acceptors (Lipinski definition) is 4. The van der Waals surface area contributed by atoms with Crippen molar-refractivity contribution in [3.63, 3.8) is 0 Å². The summed E-state index contributed by atoms with van der Waals surface area (Å²) in [5.74, 6) is -0.366. The summed E-state index contributed by atoms with van der Waals surface area (Å²) in [7, 11) is 0. The van der Waals surface area contributed by atoms with Gasteiger partial charge in [0.05, 0.1) is 5.70 Å². The molecule has 0 aromatic heterocycles. The van der Waals surface area contributed by atoms with Crippen molar-refractivity contribution in [3.05, 3.63) is 23.6 Å². The molecular weight excluding hydrogens is 134 g/mol. The van der Waals surface area contributed by atoms with Gasteiger partial charge in [0.2, 0.25) is 0 Å². The summed E-state index contributed by atoms with van der Waals surface area (Å²) in [6, 6.07) is 0. The Morgan fingerprint density at radius 3 is 2.50 bits per heavy atom. The first-order valence-electron chi connectivity index (χ1n) is 2.86. The third-order valence-electron chi connectivity index (χ3n) is 1.37. The zero-order valence-corrected chi connectivity index (χ0v) is 5.23. The number of aliphatic hydroxyl groups excluding tert-OH is 3. The highest BCUT2D eigenvalue weighted by Crippen LogP contribution is 2.13. The highest BCUT2D eigenvalue weighted by atomic mass is 16.4. The molecule has 1 aliphatic rings. The van der Waals surface area contributed by atoms with E-state index in [1.54, 1.807) is 0 Å². The summed E-state index contributed by atoms with van der Waals surface area (Å²) in [5, 5.41) is 26.7. The largest absolute Gasteiger partial charge is 0.507 e. The molecule has 1 aliphatic carbocycles. The van der Waals surface area contributed by atoms with E-state index in [4.69, 9.17) is 21.1 Å². The smallest absolute Gasteiger partial charge is 0.147 e. The van der Waals surface area contributed by atoms with Crippen LogP contribution in [0.1, 0.15) is 0 Å². The van der Waals surface area contributed by atoms with Crippen molar-refractivity contribution in [3.8, 4) is 0 Å². The fraction of sp³-hybridized carbons (Fsp3) is 0.333. The molecule has 0 aromatic carbocycles. The van der Waals surface area contributed by atoms with Crippen LogP contribution in [-0.4, -0.2) is 27.5 Å². The minimum Gasteiger partial charge on any atom is -0.507 e. The van der Waals surface area contributed by atoms with Gasteiger partial charge in [-0.3, -0.25) is 0 Å². The molecule has 0 saturated carbocycles. The van der Waals surface area contributed by atoms with Crippen molar-refractivity contribution in [2.75, 3.05) is 0 Å². The quantitative estimate of drug-likeness (QED) is 0.350. The van der Waals surface area contributed by atoms with E-state index in [-0.39, 0.29) is 11.5 Å². The molecule has 0 spiro atoms. The molecule has 0 radical (unpaired) electrons. The summed E-state index contributed by atoms with van der Waals surface area (Å²) in [6.07, 6.45) is 0.351. The Morgan fingerprint density at radius 2 is 2.00 bits per heavy atom. The Balaban J connectivity index is 2.88. The summed E-state index contributed by atoms with van der Waals surface area (Å²) >= 11 is 0. The lowest BCUT2D eigenvalue weighted by molar-refractivity contribution is 0.0417. The Morgan fingerprint density at radius 1 is 1.40 bits per heavy atom. The van der Waals surface area contributed by atoms with Gasteiger partial charge in [-0.1, -0.05) is 6.08 Å². The van der Waals surface area contributed by atoms with Crippen molar-refractivity contribution < 1.29 is 15.3 Å². The molecule has 0 heterocycles. The topological polar surface area (TPSA) is 86.7 Å². The maximum atomic E-state index is 8.93. The molecule has 56 valence electrons. The van der Waals surface area contributed by atoms with Gasteiger partial charge in [0, 0.05) is 0 Å². The van der Waals surface area contributed by atoms with Crippen molar-refractivity contribution in [2.24, 2.45) is 5.73 Å². The molecule has 2 atom stereocenters. The summed E-state index contributed by atoms with van der Waals surface area (Å²) in [6.45, 7) is 0. The van der Waals surface area contributed by atoms with Crippen molar-refractivity contribution in [1.29, 1.82) is 0 Å². The number of aliphatic hydroxyl groups is 3. The first-order chi connectivity index (χ1) is 4.63. The fourth-order valence-corrected chi connectivity index (χ4v) is 0.725. The monoisotopic (exact) mass is 143 g/mol. The van der Waals surface area contributed by atoms with E-state index in [9.17, 15) is 0 Å². The summed E-state index contributed by atoms with van der Waals surface area (Å²) in [5.41, 5.74) is 5.30. The predicted molar refractivity (Wildman–Crippen MR) is 35.0 cm³/mol. The predicted octanol–water partition coefficient (Wildman–Crippen LogP) is -0.994. The molecule has 4 heteroatoms. The third kappa shape index (κ3) is 0.984. The number of nitrogens with two attached hydrogens (primary N) is 1. The molecule has 0 aliphatic heterocycles. The van der Waals surface area contributed by atoms with E-state index >= 15 is 0 Å². The van der Waals surface area contributed by atoms with Crippen LogP contribution in [0.2, 0.25) is 0 Å². The minimum atomic E-state index is -1.27. The van der Waals surface area contributed by atoms with Crippen molar-refractivity contribution in [1.82, 2.24) is 0 Å². The highest BCUT2D eigenvalue weighted by molar-refractivity contribution is 5.28. The molecule has 10 heavy (non-hydrogen) atoms. The lowest BCUT2D eigenvalue weighted by Gasteiger charge is -2.18. The average molecular weight is 143 g/mol. The van der Waals surface area contributed by atoms with Crippen LogP contribution in [0.15, 0.2) is 23.6 Å². The van der Waals surface area contributed by atoms with Crippen LogP contribution in [0.5, 0.6) is 0 Å². The summed E-state index contributed by atoms with van der Waals surface area (Å²) in [4.78, 5) is 0. The molecule has 1 unspecified atom stereocenters. The molecule has 4 nitrogen and oxygen atoms in total. The van der Waals surface area contributed by atoms with Crippen LogP contribution < -0.4 is 5.73 Å². The Kier molecular flexibility index (Phi) is 1.65. The second kappa shape index (κ2) is 2.32.